The zero-order valence-corrected chi connectivity index (χ0v) is 21.6. The number of para-hydroxylation sites is 1. The van der Waals surface area contributed by atoms with Crippen molar-refractivity contribution in [2.45, 2.75) is 56.8 Å². The minimum atomic E-state index is -0.917. The number of nitrogens with zero attached hydrogens (tertiary/aromatic N) is 1. The Hall–Kier alpha value is -4.00. The molecule has 12 heteroatoms. The second-order valence-electron chi connectivity index (χ2n) is 10.2. The van der Waals surface area contributed by atoms with Gasteiger partial charge in [-0.15, -0.1) is 0 Å². The van der Waals surface area contributed by atoms with Crippen LogP contribution >= 0.6 is 0 Å². The fraction of sp³-hybridized carbons (Fsp3) is 0.407. The zero-order valence-electron chi connectivity index (χ0n) is 21.6. The molecule has 3 heterocycles. The third-order valence-corrected chi connectivity index (χ3v) is 7.33. The quantitative estimate of drug-likeness (QED) is 0.225. The lowest BCUT2D eigenvalue weighted by Gasteiger charge is -2.29. The van der Waals surface area contributed by atoms with Gasteiger partial charge in [-0.1, -0.05) is 30.3 Å². The van der Waals surface area contributed by atoms with Crippen LogP contribution in [0.25, 0.3) is 0 Å². The van der Waals surface area contributed by atoms with Crippen molar-refractivity contribution in [2.24, 2.45) is 0 Å². The highest BCUT2D eigenvalue weighted by atomic mass is 16.3. The van der Waals surface area contributed by atoms with Crippen LogP contribution in [0.1, 0.15) is 30.0 Å². The second kappa shape index (κ2) is 11.4. The van der Waals surface area contributed by atoms with E-state index in [-0.39, 0.29) is 35.9 Å². The molecule has 4 atom stereocenters. The number of carbonyl (C=O) groups excluding carboxylic acids is 4. The number of amides is 4. The Morgan fingerprint density at radius 2 is 1.90 bits per heavy atom. The number of aryl methyl sites for hydroxylation is 1. The molecule has 0 saturated carbocycles. The van der Waals surface area contributed by atoms with E-state index in [1.165, 1.54) is 19.1 Å². The molecule has 0 bridgehead atoms. The maximum atomic E-state index is 13.9. The summed E-state index contributed by atoms with van der Waals surface area (Å²) in [6.45, 7) is 2.36. The number of phenols is 1. The molecule has 3 aliphatic heterocycles. The molecule has 7 N–H and O–H groups in total. The van der Waals surface area contributed by atoms with Crippen molar-refractivity contribution >= 4 is 29.3 Å². The van der Waals surface area contributed by atoms with Crippen molar-refractivity contribution in [3.05, 3.63) is 59.2 Å². The Morgan fingerprint density at radius 1 is 1.13 bits per heavy atom. The standard InChI is InChI=1S/C27H33N7O5/c1-15(35)30-22(11-16-5-8-20(36)9-6-16)25(37)31-21-10-7-17-3-2-4-18-12-23(34(24(17)18)27(21)39)26(38)28-13-19-14-29-33-32-19/h2-6,8-9,19,21-23,29,32-33,36H,7,10-14H2,1H3,(H,28,38)(H,30,35)(H,31,37)/t19?,21-,22-,23-/m0/s1. The summed E-state index contributed by atoms with van der Waals surface area (Å²) in [6.07, 6.45) is 1.49. The zero-order chi connectivity index (χ0) is 27.5. The van der Waals surface area contributed by atoms with Crippen LogP contribution in [0, 0.1) is 0 Å². The van der Waals surface area contributed by atoms with Crippen molar-refractivity contribution in [3.63, 3.8) is 0 Å². The van der Waals surface area contributed by atoms with Gasteiger partial charge in [0.2, 0.25) is 23.6 Å². The molecular formula is C27H33N7O5. The third-order valence-electron chi connectivity index (χ3n) is 7.33. The summed E-state index contributed by atoms with van der Waals surface area (Å²) in [5.74, 6) is -1.37. The maximum absolute atomic E-state index is 13.9. The van der Waals surface area contributed by atoms with Crippen LogP contribution in [0.2, 0.25) is 0 Å². The van der Waals surface area contributed by atoms with Gasteiger partial charge in [0.1, 0.15) is 23.9 Å². The summed E-state index contributed by atoms with van der Waals surface area (Å²) in [5, 5.41) is 18.0. The van der Waals surface area contributed by atoms with E-state index in [9.17, 15) is 24.3 Å². The molecule has 0 aliphatic carbocycles. The number of anilines is 1. The fourth-order valence-corrected chi connectivity index (χ4v) is 5.41. The van der Waals surface area contributed by atoms with Crippen LogP contribution in [0.4, 0.5) is 5.69 Å². The Bertz CT molecular complexity index is 1260. The highest BCUT2D eigenvalue weighted by Gasteiger charge is 2.44. The van der Waals surface area contributed by atoms with Gasteiger partial charge in [-0.25, -0.2) is 10.9 Å². The molecule has 4 amide bonds. The maximum Gasteiger partial charge on any atom is 0.250 e. The van der Waals surface area contributed by atoms with Gasteiger partial charge in [-0.05, 0) is 41.7 Å². The number of hydrogen-bond acceptors (Lipinski definition) is 8. The topological polar surface area (TPSA) is 164 Å². The van der Waals surface area contributed by atoms with E-state index in [1.54, 1.807) is 17.0 Å². The molecule has 0 aromatic heterocycles. The van der Waals surface area contributed by atoms with Crippen LogP contribution in [0.5, 0.6) is 5.75 Å². The number of benzene rings is 2. The Labute approximate surface area is 225 Å². The average molecular weight is 536 g/mol. The van der Waals surface area contributed by atoms with Crippen molar-refractivity contribution in [1.29, 1.82) is 0 Å². The summed E-state index contributed by atoms with van der Waals surface area (Å²) >= 11 is 0. The average Bonchev–Trinajstić information content (AvgIpc) is 3.55. The van der Waals surface area contributed by atoms with Crippen LogP contribution < -0.4 is 37.2 Å². The van der Waals surface area contributed by atoms with Crippen LogP contribution in [-0.2, 0) is 38.4 Å². The van der Waals surface area contributed by atoms with Crippen molar-refractivity contribution in [3.8, 4) is 5.75 Å². The lowest BCUT2D eigenvalue weighted by molar-refractivity contribution is -0.131. The number of hydrazine groups is 2. The Kier molecular flexibility index (Phi) is 7.77. The number of rotatable bonds is 8. The molecule has 1 unspecified atom stereocenters. The van der Waals surface area contributed by atoms with E-state index in [0.717, 1.165) is 22.4 Å². The lowest BCUT2D eigenvalue weighted by Crippen LogP contribution is -2.57. The van der Waals surface area contributed by atoms with Gasteiger partial charge in [0.15, 0.2) is 0 Å². The summed E-state index contributed by atoms with van der Waals surface area (Å²) < 4.78 is 0. The van der Waals surface area contributed by atoms with E-state index in [2.05, 4.69) is 32.3 Å². The SMILES string of the molecule is CC(=O)N[C@@H](Cc1ccc(O)cc1)C(=O)N[C@H]1CCc2cccc3c2N(C1=O)[C@H](C(=O)NCC1CNNN1)C3. The summed E-state index contributed by atoms with van der Waals surface area (Å²) in [6, 6.07) is 9.69. The summed E-state index contributed by atoms with van der Waals surface area (Å²) in [5.41, 5.74) is 12.1. The van der Waals surface area contributed by atoms with Crippen molar-refractivity contribution in [2.75, 3.05) is 18.0 Å². The Balaban J connectivity index is 1.33. The number of aromatic hydroxyl groups is 1. The molecule has 1 saturated heterocycles. The third kappa shape index (κ3) is 5.87. The largest absolute Gasteiger partial charge is 0.508 e. The Morgan fingerprint density at radius 3 is 2.62 bits per heavy atom. The number of nitrogens with one attached hydrogen (secondary N) is 6. The minimum Gasteiger partial charge on any atom is -0.508 e. The highest BCUT2D eigenvalue weighted by molar-refractivity contribution is 6.08. The smallest absolute Gasteiger partial charge is 0.250 e. The molecule has 3 aliphatic rings. The molecule has 5 rings (SSSR count). The molecule has 1 fully saturated rings. The van der Waals surface area contributed by atoms with Crippen molar-refractivity contribution in [1.82, 2.24) is 32.3 Å². The normalized spacial score (nSPS) is 22.5. The van der Waals surface area contributed by atoms with Gasteiger partial charge in [-0.3, -0.25) is 24.1 Å². The van der Waals surface area contributed by atoms with E-state index in [4.69, 9.17) is 0 Å². The summed E-state index contributed by atoms with van der Waals surface area (Å²) in [4.78, 5) is 54.0. The predicted octanol–water partition coefficient (Wildman–Crippen LogP) is -1.07. The van der Waals surface area contributed by atoms with Crippen LogP contribution in [0.15, 0.2) is 42.5 Å². The van der Waals surface area contributed by atoms with E-state index >= 15 is 0 Å². The van der Waals surface area contributed by atoms with Gasteiger partial charge in [0.05, 0.1) is 11.7 Å². The first-order chi connectivity index (χ1) is 18.8. The second-order valence-corrected chi connectivity index (χ2v) is 10.2. The van der Waals surface area contributed by atoms with Gasteiger partial charge < -0.3 is 21.1 Å². The highest BCUT2D eigenvalue weighted by Crippen LogP contribution is 2.39. The first kappa shape index (κ1) is 26.6. The minimum absolute atomic E-state index is 0.0134. The molecule has 2 aromatic rings. The monoisotopic (exact) mass is 535 g/mol. The number of carbonyl (C=O) groups is 4. The lowest BCUT2D eigenvalue weighted by atomic mass is 10.0. The summed E-state index contributed by atoms with van der Waals surface area (Å²) in [7, 11) is 0. The van der Waals surface area contributed by atoms with Crippen molar-refractivity contribution < 1.29 is 24.3 Å². The first-order valence-electron chi connectivity index (χ1n) is 13.1. The molecule has 0 spiro atoms. The number of hydrogen-bond donors (Lipinski definition) is 7. The van der Waals surface area contributed by atoms with E-state index < -0.39 is 24.0 Å². The van der Waals surface area contributed by atoms with Gasteiger partial charge in [-0.2, -0.15) is 5.53 Å². The molecule has 12 nitrogen and oxygen atoms in total. The van der Waals surface area contributed by atoms with Crippen LogP contribution in [-0.4, -0.2) is 66.0 Å². The fourth-order valence-electron chi connectivity index (χ4n) is 5.41. The van der Waals surface area contributed by atoms with Gasteiger partial charge >= 0.3 is 0 Å². The molecular weight excluding hydrogens is 502 g/mol. The van der Waals surface area contributed by atoms with Gasteiger partial charge in [0.25, 0.3) is 0 Å². The van der Waals surface area contributed by atoms with E-state index in [0.29, 0.717) is 32.4 Å². The molecule has 2 aromatic carbocycles. The van der Waals surface area contributed by atoms with E-state index in [1.807, 2.05) is 18.2 Å². The molecule has 206 valence electrons. The molecule has 39 heavy (non-hydrogen) atoms. The first-order valence-corrected chi connectivity index (χ1v) is 13.1. The van der Waals surface area contributed by atoms with Gasteiger partial charge in [0, 0.05) is 32.9 Å². The molecule has 0 radical (unpaired) electrons. The van der Waals surface area contributed by atoms with Crippen LogP contribution in [0.3, 0.4) is 0 Å². The number of phenolic OH excluding ortho intramolecular Hbond substituents is 1. The predicted molar refractivity (Wildman–Crippen MR) is 142 cm³/mol.